The topological polar surface area (TPSA) is 42.1 Å². The number of nitrogens with zero attached hydrogens (tertiary/aromatic N) is 2. The van der Waals surface area contributed by atoms with Crippen LogP contribution in [-0.2, 0) is 11.3 Å². The summed E-state index contributed by atoms with van der Waals surface area (Å²) in [7, 11) is 1.91. The van der Waals surface area contributed by atoms with Crippen LogP contribution in [0.4, 0.5) is 0 Å². The molecule has 0 spiro atoms. The third-order valence-electron chi connectivity index (χ3n) is 6.41. The van der Waals surface area contributed by atoms with Gasteiger partial charge in [0.1, 0.15) is 37.7 Å². The Morgan fingerprint density at radius 3 is 2.47 bits per heavy atom. The number of para-hydroxylation sites is 1. The minimum Gasteiger partial charge on any atom is -0.332 e. The van der Waals surface area contributed by atoms with Crippen molar-refractivity contribution < 1.29 is 14.6 Å². The van der Waals surface area contributed by atoms with E-state index in [1.165, 1.54) is 20.7 Å². The molecule has 5 nitrogen and oxygen atoms in total. The van der Waals surface area contributed by atoms with Crippen LogP contribution in [0.1, 0.15) is 29.1 Å². The number of fused-ring (bicyclic) bond motifs is 1. The SMILES string of the molecule is Cc1ccccc1C[NH+]1CC[NH+](CC(=O)N(C)[C@@H](C)c2nc3ccccc3s2)CC1. The van der Waals surface area contributed by atoms with Crippen LogP contribution in [0.15, 0.2) is 48.5 Å². The summed E-state index contributed by atoms with van der Waals surface area (Å²) in [5.74, 6) is 0.208. The highest BCUT2D eigenvalue weighted by Crippen LogP contribution is 2.28. The minimum absolute atomic E-state index is 0.00210. The fraction of sp³-hybridized carbons (Fsp3) is 0.417. The second-order valence-electron chi connectivity index (χ2n) is 8.48. The maximum absolute atomic E-state index is 12.9. The summed E-state index contributed by atoms with van der Waals surface area (Å²) in [5, 5.41) is 1.01. The van der Waals surface area contributed by atoms with Crippen LogP contribution in [0.5, 0.6) is 0 Å². The van der Waals surface area contributed by atoms with E-state index in [4.69, 9.17) is 4.98 Å². The van der Waals surface area contributed by atoms with Crippen molar-refractivity contribution in [3.8, 4) is 0 Å². The Bertz CT molecular complexity index is 976. The summed E-state index contributed by atoms with van der Waals surface area (Å²) >= 11 is 1.68. The molecular formula is C24H32N4OS+2. The average Bonchev–Trinajstić information content (AvgIpc) is 3.20. The number of aromatic nitrogens is 1. The van der Waals surface area contributed by atoms with E-state index in [0.717, 1.165) is 43.2 Å². The molecule has 6 heteroatoms. The number of quaternary nitrogens is 2. The van der Waals surface area contributed by atoms with Gasteiger partial charge >= 0.3 is 0 Å². The monoisotopic (exact) mass is 424 g/mol. The van der Waals surface area contributed by atoms with Crippen LogP contribution in [0, 0.1) is 6.92 Å². The summed E-state index contributed by atoms with van der Waals surface area (Å²) < 4.78 is 1.18. The number of benzene rings is 2. The second-order valence-corrected chi connectivity index (χ2v) is 9.54. The van der Waals surface area contributed by atoms with Crippen LogP contribution in [0.2, 0.25) is 0 Å². The summed E-state index contributed by atoms with van der Waals surface area (Å²) in [4.78, 5) is 22.6. The molecule has 1 saturated heterocycles. The Labute approximate surface area is 182 Å². The van der Waals surface area contributed by atoms with Gasteiger partial charge in [-0.3, -0.25) is 4.79 Å². The van der Waals surface area contributed by atoms with Crippen molar-refractivity contribution >= 4 is 27.5 Å². The number of rotatable bonds is 6. The molecule has 0 unspecified atom stereocenters. The van der Waals surface area contributed by atoms with Gasteiger partial charge in [-0.15, -0.1) is 11.3 Å². The first-order valence-electron chi connectivity index (χ1n) is 10.8. The van der Waals surface area contributed by atoms with Crippen LogP contribution in [0.25, 0.3) is 10.2 Å². The first-order chi connectivity index (χ1) is 14.5. The highest BCUT2D eigenvalue weighted by molar-refractivity contribution is 7.18. The van der Waals surface area contributed by atoms with Crippen molar-refractivity contribution in [2.75, 3.05) is 39.8 Å². The van der Waals surface area contributed by atoms with Gasteiger partial charge in [-0.05, 0) is 31.5 Å². The summed E-state index contributed by atoms with van der Waals surface area (Å²) in [6.45, 7) is 10.3. The molecule has 1 amide bonds. The van der Waals surface area contributed by atoms with Crippen molar-refractivity contribution in [2.24, 2.45) is 0 Å². The van der Waals surface area contributed by atoms with Gasteiger partial charge in [0.25, 0.3) is 5.91 Å². The molecule has 0 radical (unpaired) electrons. The van der Waals surface area contributed by atoms with Crippen molar-refractivity contribution in [1.82, 2.24) is 9.88 Å². The third kappa shape index (κ3) is 4.72. The maximum Gasteiger partial charge on any atom is 0.278 e. The number of aryl methyl sites for hydroxylation is 1. The summed E-state index contributed by atoms with van der Waals surface area (Å²) in [6.07, 6.45) is 0. The van der Waals surface area contributed by atoms with Gasteiger partial charge in [0.2, 0.25) is 0 Å². The lowest BCUT2D eigenvalue weighted by atomic mass is 10.1. The van der Waals surface area contributed by atoms with Gasteiger partial charge in [-0.1, -0.05) is 36.4 Å². The molecule has 0 bridgehead atoms. The third-order valence-corrected chi connectivity index (χ3v) is 7.62. The number of carbonyl (C=O) groups is 1. The molecule has 1 aliphatic heterocycles. The first-order valence-corrected chi connectivity index (χ1v) is 11.7. The number of hydrogen-bond donors (Lipinski definition) is 2. The molecule has 2 aromatic carbocycles. The molecule has 3 aromatic rings. The lowest BCUT2D eigenvalue weighted by molar-refractivity contribution is -1.02. The van der Waals surface area contributed by atoms with E-state index in [0.29, 0.717) is 6.54 Å². The average molecular weight is 425 g/mol. The number of piperazine rings is 1. The van der Waals surface area contributed by atoms with E-state index < -0.39 is 0 Å². The first kappa shape index (κ1) is 21.0. The highest BCUT2D eigenvalue weighted by Gasteiger charge is 2.28. The number of hydrogen-bond acceptors (Lipinski definition) is 3. The van der Waals surface area contributed by atoms with E-state index in [-0.39, 0.29) is 11.9 Å². The zero-order valence-electron chi connectivity index (χ0n) is 18.1. The molecule has 30 heavy (non-hydrogen) atoms. The van der Waals surface area contributed by atoms with Crippen molar-refractivity contribution in [2.45, 2.75) is 26.4 Å². The van der Waals surface area contributed by atoms with Crippen LogP contribution >= 0.6 is 11.3 Å². The summed E-state index contributed by atoms with van der Waals surface area (Å²) in [5.41, 5.74) is 3.83. The molecule has 1 atom stereocenters. The van der Waals surface area contributed by atoms with Crippen LogP contribution in [-0.4, -0.2) is 55.6 Å². The lowest BCUT2D eigenvalue weighted by Crippen LogP contribution is -3.28. The van der Waals surface area contributed by atoms with E-state index in [2.05, 4.69) is 44.2 Å². The minimum atomic E-state index is 0.00210. The van der Waals surface area contributed by atoms with Gasteiger partial charge in [0.15, 0.2) is 6.54 Å². The van der Waals surface area contributed by atoms with Crippen LogP contribution < -0.4 is 9.80 Å². The fourth-order valence-electron chi connectivity index (χ4n) is 4.18. The van der Waals surface area contributed by atoms with E-state index >= 15 is 0 Å². The number of amides is 1. The predicted octanol–water partition coefficient (Wildman–Crippen LogP) is 1.11. The fourth-order valence-corrected chi connectivity index (χ4v) is 5.24. The Balaban J connectivity index is 1.29. The van der Waals surface area contributed by atoms with Crippen molar-refractivity contribution in [1.29, 1.82) is 0 Å². The van der Waals surface area contributed by atoms with Crippen molar-refractivity contribution in [3.05, 3.63) is 64.7 Å². The van der Waals surface area contributed by atoms with Gasteiger partial charge in [0.05, 0.1) is 16.3 Å². The highest BCUT2D eigenvalue weighted by atomic mass is 32.1. The number of likely N-dealkylation sites (N-methyl/N-ethyl adjacent to an activating group) is 1. The molecule has 1 aromatic heterocycles. The van der Waals surface area contributed by atoms with Gasteiger partial charge in [-0.2, -0.15) is 0 Å². The lowest BCUT2D eigenvalue weighted by Gasteiger charge is -2.31. The molecule has 0 aliphatic carbocycles. The molecule has 158 valence electrons. The molecule has 2 heterocycles. The Morgan fingerprint density at radius 2 is 1.73 bits per heavy atom. The quantitative estimate of drug-likeness (QED) is 0.623. The van der Waals surface area contributed by atoms with Gasteiger partial charge in [0, 0.05) is 12.6 Å². The molecule has 1 aliphatic rings. The smallest absolute Gasteiger partial charge is 0.278 e. The molecule has 4 rings (SSSR count). The standard InChI is InChI=1S/C24H30N4OS/c1-18-8-4-5-9-20(18)16-27-12-14-28(15-13-27)17-23(29)26(3)19(2)24-25-21-10-6-7-11-22(21)30-24/h4-11,19H,12-17H2,1-3H3/p+2/t19-/m0/s1. The predicted molar refractivity (Wildman–Crippen MR) is 122 cm³/mol. The number of thiazole rings is 1. The molecule has 0 saturated carbocycles. The van der Waals surface area contributed by atoms with E-state index in [1.54, 1.807) is 16.2 Å². The van der Waals surface area contributed by atoms with Gasteiger partial charge < -0.3 is 14.7 Å². The number of carbonyl (C=O) groups excluding carboxylic acids is 1. The number of nitrogens with one attached hydrogen (secondary N) is 2. The molecule has 2 N–H and O–H groups in total. The van der Waals surface area contributed by atoms with Gasteiger partial charge in [-0.25, -0.2) is 4.98 Å². The maximum atomic E-state index is 12.9. The molecular weight excluding hydrogens is 392 g/mol. The Kier molecular flexibility index (Phi) is 6.46. The zero-order chi connectivity index (χ0) is 21.1. The normalized spacial score (nSPS) is 20.2. The van der Waals surface area contributed by atoms with E-state index in [1.807, 2.05) is 30.1 Å². The van der Waals surface area contributed by atoms with Crippen molar-refractivity contribution in [3.63, 3.8) is 0 Å². The second kappa shape index (κ2) is 9.25. The van der Waals surface area contributed by atoms with Crippen LogP contribution in [0.3, 0.4) is 0 Å². The largest absolute Gasteiger partial charge is 0.332 e. The zero-order valence-corrected chi connectivity index (χ0v) is 19.0. The Morgan fingerprint density at radius 1 is 1.07 bits per heavy atom. The Hall–Kier alpha value is -2.28. The molecule has 1 fully saturated rings. The van der Waals surface area contributed by atoms with E-state index in [9.17, 15) is 4.79 Å². The summed E-state index contributed by atoms with van der Waals surface area (Å²) in [6, 6.07) is 16.8.